The number of benzene rings is 1. The molecule has 3 aliphatic rings. The number of amides is 2. The third-order valence-electron chi connectivity index (χ3n) is 7.92. The molecule has 2 atom stereocenters. The Kier molecular flexibility index (Phi) is 6.60. The predicted molar refractivity (Wildman–Crippen MR) is 137 cm³/mol. The highest BCUT2D eigenvalue weighted by atomic mass is 35.5. The van der Waals surface area contributed by atoms with Crippen LogP contribution in [0.4, 0.5) is 10.1 Å². The molecule has 2 heterocycles. The topological polar surface area (TPSA) is 80.1 Å². The number of aromatic nitrogens is 3. The molecule has 3 fully saturated rings. The molecule has 2 saturated carbocycles. The second-order valence-electron chi connectivity index (χ2n) is 11.6. The van der Waals surface area contributed by atoms with Crippen LogP contribution in [0.15, 0.2) is 18.2 Å². The van der Waals surface area contributed by atoms with Crippen LogP contribution in [0.1, 0.15) is 88.0 Å². The molecule has 2 aromatic rings. The zero-order chi connectivity index (χ0) is 25.8. The van der Waals surface area contributed by atoms with Crippen LogP contribution in [-0.2, 0) is 9.59 Å². The first-order chi connectivity index (χ1) is 17.0. The van der Waals surface area contributed by atoms with E-state index < -0.39 is 11.6 Å². The zero-order valence-electron chi connectivity index (χ0n) is 21.4. The Morgan fingerprint density at radius 3 is 2.47 bits per heavy atom. The molecule has 2 aliphatic carbocycles. The molecule has 1 N–H and O–H groups in total. The second kappa shape index (κ2) is 9.43. The molecule has 1 saturated heterocycles. The molecule has 1 aliphatic heterocycles. The van der Waals surface area contributed by atoms with Gasteiger partial charge in [0.15, 0.2) is 0 Å². The van der Waals surface area contributed by atoms with Crippen molar-refractivity contribution in [3.8, 4) is 0 Å². The Morgan fingerprint density at radius 2 is 1.86 bits per heavy atom. The first-order valence-corrected chi connectivity index (χ1v) is 13.3. The summed E-state index contributed by atoms with van der Waals surface area (Å²) < 4.78 is 16.4. The van der Waals surface area contributed by atoms with Gasteiger partial charge in [0.1, 0.15) is 17.3 Å². The standard InChI is InChI=1S/C27H35ClFN5O2/c1-15-9-19(28)5-8-23(15)30-26(36)22-14-33(16(2)35)13-21(22)25-32-31-24(34(25)20-6-7-20)18-10-17(11-18)12-27(3,4)29/h5,8-9,17-18,20-22H,6-7,10-14H2,1-4H3,(H,30,36)/t17-,18+,21-,22-/m0/s1. The summed E-state index contributed by atoms with van der Waals surface area (Å²) in [7, 11) is 0. The molecule has 0 bridgehead atoms. The molecule has 0 radical (unpaired) electrons. The molecule has 7 nitrogen and oxygen atoms in total. The van der Waals surface area contributed by atoms with Gasteiger partial charge in [-0.2, -0.15) is 0 Å². The van der Waals surface area contributed by atoms with E-state index in [1.165, 1.54) is 0 Å². The zero-order valence-corrected chi connectivity index (χ0v) is 22.2. The van der Waals surface area contributed by atoms with Crippen LogP contribution in [0.2, 0.25) is 5.02 Å². The molecule has 0 unspecified atom stereocenters. The van der Waals surface area contributed by atoms with E-state index in [9.17, 15) is 14.0 Å². The van der Waals surface area contributed by atoms with E-state index >= 15 is 0 Å². The molecule has 1 aromatic carbocycles. The third-order valence-corrected chi connectivity index (χ3v) is 8.15. The van der Waals surface area contributed by atoms with E-state index in [0.29, 0.717) is 42.2 Å². The number of halogens is 2. The number of rotatable bonds is 7. The SMILES string of the molecule is CC(=O)N1C[C@H](C(=O)Nc2ccc(Cl)cc2C)[C@@H](c2nnc([C@H]3C[C@@H](CC(C)(C)F)C3)n2C2CC2)C1. The number of likely N-dealkylation sites (tertiary alicyclic amines) is 1. The number of alkyl halides is 1. The summed E-state index contributed by atoms with van der Waals surface area (Å²) in [5, 5.41) is 12.9. The van der Waals surface area contributed by atoms with Crippen molar-refractivity contribution >= 4 is 29.1 Å². The number of carbonyl (C=O) groups excluding carboxylic acids is 2. The molecule has 0 spiro atoms. The molecule has 194 valence electrons. The fraction of sp³-hybridized carbons (Fsp3) is 0.630. The van der Waals surface area contributed by atoms with Crippen LogP contribution in [0.25, 0.3) is 0 Å². The Labute approximate surface area is 216 Å². The van der Waals surface area contributed by atoms with Crippen LogP contribution < -0.4 is 5.32 Å². The van der Waals surface area contributed by atoms with Gasteiger partial charge in [-0.15, -0.1) is 10.2 Å². The Bertz CT molecular complexity index is 1170. The first-order valence-electron chi connectivity index (χ1n) is 13.0. The molecular weight excluding hydrogens is 481 g/mol. The maximum Gasteiger partial charge on any atom is 0.230 e. The van der Waals surface area contributed by atoms with Gasteiger partial charge >= 0.3 is 0 Å². The largest absolute Gasteiger partial charge is 0.341 e. The highest BCUT2D eigenvalue weighted by molar-refractivity contribution is 6.30. The number of anilines is 1. The van der Waals surface area contributed by atoms with E-state index in [-0.39, 0.29) is 23.7 Å². The van der Waals surface area contributed by atoms with Gasteiger partial charge in [0.25, 0.3) is 0 Å². The average Bonchev–Trinajstić information content (AvgIpc) is 3.34. The van der Waals surface area contributed by atoms with Gasteiger partial charge < -0.3 is 14.8 Å². The lowest BCUT2D eigenvalue weighted by Gasteiger charge is -2.37. The summed E-state index contributed by atoms with van der Waals surface area (Å²) in [5.74, 6) is 1.57. The van der Waals surface area contributed by atoms with Gasteiger partial charge in [0, 0.05) is 42.7 Å². The minimum Gasteiger partial charge on any atom is -0.341 e. The number of aryl methyl sites for hydroxylation is 1. The van der Waals surface area contributed by atoms with Crippen LogP contribution in [-0.4, -0.2) is 50.2 Å². The summed E-state index contributed by atoms with van der Waals surface area (Å²) >= 11 is 6.08. The van der Waals surface area contributed by atoms with Gasteiger partial charge in [-0.3, -0.25) is 9.59 Å². The maximum atomic E-state index is 14.1. The normalized spacial score (nSPS) is 26.1. The molecule has 5 rings (SSSR count). The highest BCUT2D eigenvalue weighted by Crippen LogP contribution is 2.49. The van der Waals surface area contributed by atoms with Crippen molar-refractivity contribution in [3.63, 3.8) is 0 Å². The van der Waals surface area contributed by atoms with E-state index in [0.717, 1.165) is 42.9 Å². The maximum absolute atomic E-state index is 14.1. The van der Waals surface area contributed by atoms with Crippen molar-refractivity contribution in [1.29, 1.82) is 0 Å². The summed E-state index contributed by atoms with van der Waals surface area (Å²) in [6, 6.07) is 5.72. The van der Waals surface area contributed by atoms with Gasteiger partial charge in [0.05, 0.1) is 11.8 Å². The predicted octanol–water partition coefficient (Wildman–Crippen LogP) is 5.41. The lowest BCUT2D eigenvalue weighted by atomic mass is 9.70. The van der Waals surface area contributed by atoms with Gasteiger partial charge in [-0.05, 0) is 82.6 Å². The number of carbonyl (C=O) groups is 2. The smallest absolute Gasteiger partial charge is 0.230 e. The van der Waals surface area contributed by atoms with E-state index in [4.69, 9.17) is 11.6 Å². The number of hydrogen-bond acceptors (Lipinski definition) is 4. The van der Waals surface area contributed by atoms with Crippen LogP contribution in [0.5, 0.6) is 0 Å². The molecule has 9 heteroatoms. The van der Waals surface area contributed by atoms with Crippen molar-refractivity contribution in [1.82, 2.24) is 19.7 Å². The fourth-order valence-corrected chi connectivity index (χ4v) is 6.16. The summed E-state index contributed by atoms with van der Waals surface area (Å²) in [5.41, 5.74) is 0.437. The van der Waals surface area contributed by atoms with Crippen molar-refractivity contribution in [2.45, 2.75) is 83.3 Å². The third kappa shape index (κ3) is 5.15. The summed E-state index contributed by atoms with van der Waals surface area (Å²) in [4.78, 5) is 27.5. The van der Waals surface area contributed by atoms with Crippen molar-refractivity contribution in [2.75, 3.05) is 18.4 Å². The minimum absolute atomic E-state index is 0.0497. The number of nitrogens with zero attached hydrogens (tertiary/aromatic N) is 4. The Hall–Kier alpha value is -2.48. The number of nitrogens with one attached hydrogen (secondary N) is 1. The Balaban J connectivity index is 1.39. The minimum atomic E-state index is -1.16. The van der Waals surface area contributed by atoms with Crippen LogP contribution >= 0.6 is 11.6 Å². The van der Waals surface area contributed by atoms with E-state index in [2.05, 4.69) is 20.1 Å². The van der Waals surface area contributed by atoms with Crippen LogP contribution in [0, 0.1) is 18.8 Å². The van der Waals surface area contributed by atoms with Crippen molar-refractivity contribution in [3.05, 3.63) is 40.4 Å². The van der Waals surface area contributed by atoms with Crippen LogP contribution in [0.3, 0.4) is 0 Å². The second-order valence-corrected chi connectivity index (χ2v) is 12.0. The van der Waals surface area contributed by atoms with Crippen molar-refractivity contribution < 1.29 is 14.0 Å². The molecule has 2 amide bonds. The average molecular weight is 516 g/mol. The Morgan fingerprint density at radius 1 is 1.17 bits per heavy atom. The highest BCUT2D eigenvalue weighted by Gasteiger charge is 2.46. The summed E-state index contributed by atoms with van der Waals surface area (Å²) in [6.45, 7) is 7.52. The fourth-order valence-electron chi connectivity index (χ4n) is 5.93. The molecule has 1 aromatic heterocycles. The first kappa shape index (κ1) is 25.2. The van der Waals surface area contributed by atoms with Gasteiger partial charge in [-0.1, -0.05) is 11.6 Å². The quantitative estimate of drug-likeness (QED) is 0.535. The lowest BCUT2D eigenvalue weighted by Crippen LogP contribution is -2.31. The molecular formula is C27H35ClFN5O2. The van der Waals surface area contributed by atoms with Gasteiger partial charge in [0.2, 0.25) is 11.8 Å². The summed E-state index contributed by atoms with van der Waals surface area (Å²) in [6.07, 6.45) is 4.53. The number of hydrogen-bond donors (Lipinski definition) is 1. The van der Waals surface area contributed by atoms with E-state index in [1.807, 2.05) is 13.0 Å². The monoisotopic (exact) mass is 515 g/mol. The molecule has 36 heavy (non-hydrogen) atoms. The lowest BCUT2D eigenvalue weighted by molar-refractivity contribution is -0.128. The van der Waals surface area contributed by atoms with E-state index in [1.54, 1.807) is 37.8 Å². The van der Waals surface area contributed by atoms with Gasteiger partial charge in [-0.25, -0.2) is 4.39 Å². The van der Waals surface area contributed by atoms with Crippen molar-refractivity contribution in [2.24, 2.45) is 11.8 Å².